The van der Waals surface area contributed by atoms with Gasteiger partial charge in [-0.25, -0.2) is 4.63 Å². The standard InChI is InChI=1S/C11H9N7O2/c12-10-9(15-20-16-10)11(14-19)18-6-8(13-17-18)7-4-2-1-3-5-7/h1-6,19H,(H2,12,16)/b14-11-. The average molecular weight is 271 g/mol. The molecule has 0 bridgehead atoms. The van der Waals surface area contributed by atoms with Gasteiger partial charge in [-0.1, -0.05) is 40.7 Å². The Bertz CT molecular complexity index is 747. The topological polar surface area (TPSA) is 128 Å². The minimum absolute atomic E-state index is 0.00504. The summed E-state index contributed by atoms with van der Waals surface area (Å²) in [6, 6.07) is 9.44. The fourth-order valence-electron chi connectivity index (χ4n) is 1.66. The van der Waals surface area contributed by atoms with Crippen molar-refractivity contribution < 1.29 is 9.84 Å². The fraction of sp³-hybridized carbons (Fsp3) is 0. The highest BCUT2D eigenvalue weighted by Gasteiger charge is 2.18. The summed E-state index contributed by atoms with van der Waals surface area (Å²) in [4.78, 5) is 0. The van der Waals surface area contributed by atoms with Crippen molar-refractivity contribution in [3.63, 3.8) is 0 Å². The number of nitrogen functional groups attached to an aromatic ring is 1. The van der Waals surface area contributed by atoms with Gasteiger partial charge in [-0.05, 0) is 10.3 Å². The quantitative estimate of drug-likeness (QED) is 0.302. The highest BCUT2D eigenvalue weighted by molar-refractivity contribution is 6.01. The first kappa shape index (κ1) is 11.8. The molecule has 0 aliphatic carbocycles. The van der Waals surface area contributed by atoms with E-state index in [9.17, 15) is 0 Å². The van der Waals surface area contributed by atoms with Crippen LogP contribution in [0.4, 0.5) is 5.82 Å². The van der Waals surface area contributed by atoms with Crippen molar-refractivity contribution in [2.24, 2.45) is 5.16 Å². The maximum absolute atomic E-state index is 9.09. The van der Waals surface area contributed by atoms with E-state index >= 15 is 0 Å². The van der Waals surface area contributed by atoms with Gasteiger partial charge in [-0.2, -0.15) is 4.68 Å². The molecule has 0 saturated carbocycles. The predicted molar refractivity (Wildman–Crippen MR) is 67.9 cm³/mol. The van der Waals surface area contributed by atoms with Gasteiger partial charge in [0.05, 0.1) is 6.20 Å². The molecular formula is C11H9N7O2. The van der Waals surface area contributed by atoms with Crippen LogP contribution < -0.4 is 5.73 Å². The largest absolute Gasteiger partial charge is 0.409 e. The minimum atomic E-state index is -0.0292. The summed E-state index contributed by atoms with van der Waals surface area (Å²) in [5.41, 5.74) is 7.12. The van der Waals surface area contributed by atoms with Gasteiger partial charge in [0.2, 0.25) is 5.84 Å². The Kier molecular flexibility index (Phi) is 2.84. The maximum atomic E-state index is 9.09. The number of aromatic nitrogens is 5. The van der Waals surface area contributed by atoms with Crippen LogP contribution in [0.25, 0.3) is 11.3 Å². The predicted octanol–water partition coefficient (Wildman–Crippen LogP) is 0.594. The van der Waals surface area contributed by atoms with Crippen molar-refractivity contribution in [1.29, 1.82) is 0 Å². The molecule has 0 aliphatic heterocycles. The zero-order valence-corrected chi connectivity index (χ0v) is 10.1. The molecular weight excluding hydrogens is 262 g/mol. The second kappa shape index (κ2) is 4.80. The fourth-order valence-corrected chi connectivity index (χ4v) is 1.66. The van der Waals surface area contributed by atoms with Crippen LogP contribution in [0.1, 0.15) is 5.69 Å². The number of nitrogens with zero attached hydrogens (tertiary/aromatic N) is 6. The van der Waals surface area contributed by atoms with E-state index in [1.807, 2.05) is 30.3 Å². The molecule has 0 fully saturated rings. The van der Waals surface area contributed by atoms with E-state index in [4.69, 9.17) is 10.9 Å². The molecule has 0 atom stereocenters. The SMILES string of the molecule is Nc1nonc1/C(=N/O)n1cc(-c2ccccc2)nn1. The zero-order chi connectivity index (χ0) is 13.9. The monoisotopic (exact) mass is 271 g/mol. The molecule has 3 aromatic rings. The third-order valence-corrected chi connectivity index (χ3v) is 2.60. The van der Waals surface area contributed by atoms with Gasteiger partial charge in [0.25, 0.3) is 0 Å². The molecule has 9 heteroatoms. The highest BCUT2D eigenvalue weighted by atomic mass is 16.6. The van der Waals surface area contributed by atoms with Crippen molar-refractivity contribution in [1.82, 2.24) is 25.3 Å². The average Bonchev–Trinajstić information content (AvgIpc) is 3.12. The second-order valence-corrected chi connectivity index (χ2v) is 3.84. The van der Waals surface area contributed by atoms with Gasteiger partial charge in [0.1, 0.15) is 5.69 Å². The van der Waals surface area contributed by atoms with Crippen molar-refractivity contribution in [3.8, 4) is 11.3 Å². The van der Waals surface area contributed by atoms with E-state index < -0.39 is 0 Å². The first-order chi connectivity index (χ1) is 9.79. The lowest BCUT2D eigenvalue weighted by Crippen LogP contribution is -2.16. The zero-order valence-electron chi connectivity index (χ0n) is 10.1. The number of oxime groups is 1. The van der Waals surface area contributed by atoms with E-state index in [1.54, 1.807) is 6.20 Å². The first-order valence-corrected chi connectivity index (χ1v) is 5.58. The molecule has 100 valence electrons. The lowest BCUT2D eigenvalue weighted by Gasteiger charge is -1.98. The van der Waals surface area contributed by atoms with Crippen molar-refractivity contribution in [2.45, 2.75) is 0 Å². The Balaban J connectivity index is 2.00. The van der Waals surface area contributed by atoms with Gasteiger partial charge < -0.3 is 10.9 Å². The maximum Gasteiger partial charge on any atom is 0.227 e. The third kappa shape index (κ3) is 1.96. The number of rotatable bonds is 2. The van der Waals surface area contributed by atoms with E-state index in [1.165, 1.54) is 4.68 Å². The first-order valence-electron chi connectivity index (χ1n) is 5.58. The molecule has 2 aromatic heterocycles. The van der Waals surface area contributed by atoms with E-state index in [2.05, 4.69) is 30.4 Å². The van der Waals surface area contributed by atoms with Crippen LogP contribution in [-0.4, -0.2) is 36.4 Å². The van der Waals surface area contributed by atoms with Crippen LogP contribution in [0.3, 0.4) is 0 Å². The van der Waals surface area contributed by atoms with Gasteiger partial charge >= 0.3 is 0 Å². The van der Waals surface area contributed by atoms with Crippen molar-refractivity contribution in [3.05, 3.63) is 42.2 Å². The number of hydrogen-bond donors (Lipinski definition) is 2. The van der Waals surface area contributed by atoms with Gasteiger partial charge in [0, 0.05) is 5.56 Å². The normalized spacial score (nSPS) is 11.7. The van der Waals surface area contributed by atoms with Crippen LogP contribution >= 0.6 is 0 Å². The summed E-state index contributed by atoms with van der Waals surface area (Å²) in [7, 11) is 0. The lowest BCUT2D eigenvalue weighted by atomic mass is 10.2. The van der Waals surface area contributed by atoms with E-state index in [0.717, 1.165) is 5.56 Å². The molecule has 3 N–H and O–H groups in total. The molecule has 3 rings (SSSR count). The summed E-state index contributed by atoms with van der Waals surface area (Å²) in [6.07, 6.45) is 1.58. The molecule has 1 aromatic carbocycles. The number of nitrogens with two attached hydrogens (primary N) is 1. The van der Waals surface area contributed by atoms with E-state index in [-0.39, 0.29) is 17.3 Å². The third-order valence-electron chi connectivity index (χ3n) is 2.60. The molecule has 0 spiro atoms. The van der Waals surface area contributed by atoms with Crippen LogP contribution in [0.15, 0.2) is 46.3 Å². The minimum Gasteiger partial charge on any atom is -0.409 e. The van der Waals surface area contributed by atoms with Crippen molar-refractivity contribution in [2.75, 3.05) is 5.73 Å². The Morgan fingerprint density at radius 3 is 2.70 bits per heavy atom. The summed E-state index contributed by atoms with van der Waals surface area (Å²) in [6.45, 7) is 0. The number of anilines is 1. The smallest absolute Gasteiger partial charge is 0.227 e. The second-order valence-electron chi connectivity index (χ2n) is 3.84. The summed E-state index contributed by atoms with van der Waals surface area (Å²) in [5, 5.41) is 27.0. The molecule has 0 amide bonds. The van der Waals surface area contributed by atoms with Gasteiger partial charge in [0.15, 0.2) is 11.5 Å². The van der Waals surface area contributed by atoms with Crippen LogP contribution in [-0.2, 0) is 0 Å². The van der Waals surface area contributed by atoms with Crippen LogP contribution in [0, 0.1) is 0 Å². The number of benzene rings is 1. The highest BCUT2D eigenvalue weighted by Crippen LogP contribution is 2.16. The molecule has 0 radical (unpaired) electrons. The van der Waals surface area contributed by atoms with E-state index in [0.29, 0.717) is 5.69 Å². The Morgan fingerprint density at radius 1 is 1.25 bits per heavy atom. The Morgan fingerprint density at radius 2 is 2.05 bits per heavy atom. The van der Waals surface area contributed by atoms with Crippen LogP contribution in [0.5, 0.6) is 0 Å². The summed E-state index contributed by atoms with van der Waals surface area (Å²) >= 11 is 0. The molecule has 0 aliphatic rings. The molecule has 9 nitrogen and oxygen atoms in total. The van der Waals surface area contributed by atoms with Crippen molar-refractivity contribution >= 4 is 11.7 Å². The molecule has 0 unspecified atom stereocenters. The van der Waals surface area contributed by atoms with Gasteiger partial charge in [-0.3, -0.25) is 0 Å². The lowest BCUT2D eigenvalue weighted by molar-refractivity contribution is 0.304. The molecule has 20 heavy (non-hydrogen) atoms. The Labute approximate surface area is 112 Å². The molecule has 2 heterocycles. The van der Waals surface area contributed by atoms with Gasteiger partial charge in [-0.15, -0.1) is 5.10 Å². The summed E-state index contributed by atoms with van der Waals surface area (Å²) < 4.78 is 5.70. The van der Waals surface area contributed by atoms with Crippen LogP contribution in [0.2, 0.25) is 0 Å². The summed E-state index contributed by atoms with van der Waals surface area (Å²) in [5.74, 6) is -0.0343. The Hall–Kier alpha value is -3.23. The number of hydrogen-bond acceptors (Lipinski definition) is 8. The molecule has 0 saturated heterocycles.